The first-order chi connectivity index (χ1) is 9.57. The Morgan fingerprint density at radius 2 is 1.70 bits per heavy atom. The van der Waals surface area contributed by atoms with Gasteiger partial charge in [-0.1, -0.05) is 13.3 Å². The number of esters is 1. The first-order valence-electron chi connectivity index (χ1n) is 6.64. The summed E-state index contributed by atoms with van der Waals surface area (Å²) in [5.74, 6) is 1.07. The molecule has 1 unspecified atom stereocenters. The lowest BCUT2D eigenvalue weighted by atomic mass is 10.0. The number of hydrogen-bond donors (Lipinski definition) is 1. The minimum atomic E-state index is -0.712. The van der Waals surface area contributed by atoms with E-state index in [1.54, 1.807) is 14.2 Å². The Labute approximate surface area is 120 Å². The molecular formula is C15H23NO4. The standard InChI is InChI=1S/C15H23NO4/c1-5-6-10-8-14(19-3)11(9-13(10)18-2)7-12(16)15(17)20-4/h8-9,12H,5-7,16H2,1-4H3. The molecule has 1 atom stereocenters. The highest BCUT2D eigenvalue weighted by Gasteiger charge is 2.18. The van der Waals surface area contributed by atoms with Crippen LogP contribution in [-0.4, -0.2) is 33.3 Å². The molecule has 0 radical (unpaired) electrons. The molecule has 20 heavy (non-hydrogen) atoms. The molecule has 5 heteroatoms. The van der Waals surface area contributed by atoms with Crippen molar-refractivity contribution >= 4 is 5.97 Å². The van der Waals surface area contributed by atoms with Gasteiger partial charge in [0.2, 0.25) is 0 Å². The first-order valence-corrected chi connectivity index (χ1v) is 6.64. The summed E-state index contributed by atoms with van der Waals surface area (Å²) in [6, 6.07) is 3.12. The van der Waals surface area contributed by atoms with Crippen LogP contribution < -0.4 is 15.2 Å². The maximum absolute atomic E-state index is 11.4. The van der Waals surface area contributed by atoms with Crippen LogP contribution in [-0.2, 0) is 22.4 Å². The van der Waals surface area contributed by atoms with Crippen molar-refractivity contribution < 1.29 is 19.0 Å². The monoisotopic (exact) mass is 281 g/mol. The van der Waals surface area contributed by atoms with Gasteiger partial charge in [-0.25, -0.2) is 0 Å². The number of nitrogens with two attached hydrogens (primary N) is 1. The summed E-state index contributed by atoms with van der Waals surface area (Å²) in [5.41, 5.74) is 7.72. The Kier molecular flexibility index (Phi) is 6.31. The van der Waals surface area contributed by atoms with E-state index in [9.17, 15) is 4.79 Å². The Morgan fingerprint density at radius 1 is 1.15 bits per heavy atom. The predicted octanol–water partition coefficient (Wildman–Crippen LogP) is 1.70. The third-order valence-electron chi connectivity index (χ3n) is 3.15. The predicted molar refractivity (Wildman–Crippen MR) is 77.2 cm³/mol. The lowest BCUT2D eigenvalue weighted by Crippen LogP contribution is -2.33. The zero-order valence-electron chi connectivity index (χ0n) is 12.6. The largest absolute Gasteiger partial charge is 0.496 e. The molecule has 0 spiro atoms. The van der Waals surface area contributed by atoms with Gasteiger partial charge in [0, 0.05) is 6.42 Å². The molecule has 0 fully saturated rings. The molecule has 5 nitrogen and oxygen atoms in total. The second kappa shape index (κ2) is 7.75. The second-order valence-corrected chi connectivity index (χ2v) is 4.56. The number of aryl methyl sites for hydroxylation is 1. The average molecular weight is 281 g/mol. The van der Waals surface area contributed by atoms with Crippen LogP contribution in [0.25, 0.3) is 0 Å². The van der Waals surface area contributed by atoms with Gasteiger partial charge in [-0.3, -0.25) is 4.79 Å². The van der Waals surface area contributed by atoms with Gasteiger partial charge in [-0.2, -0.15) is 0 Å². The zero-order valence-corrected chi connectivity index (χ0v) is 12.6. The van der Waals surface area contributed by atoms with E-state index in [1.807, 2.05) is 12.1 Å². The molecule has 1 aromatic carbocycles. The Hall–Kier alpha value is -1.75. The molecule has 1 rings (SSSR count). The van der Waals surface area contributed by atoms with Gasteiger partial charge in [0.15, 0.2) is 0 Å². The van der Waals surface area contributed by atoms with Crippen LogP contribution in [0, 0.1) is 0 Å². The van der Waals surface area contributed by atoms with Crippen molar-refractivity contribution in [2.75, 3.05) is 21.3 Å². The highest BCUT2D eigenvalue weighted by atomic mass is 16.5. The molecule has 0 heterocycles. The van der Waals surface area contributed by atoms with Crippen LogP contribution in [0.5, 0.6) is 11.5 Å². The SMILES string of the molecule is CCCc1cc(OC)c(CC(N)C(=O)OC)cc1OC. The van der Waals surface area contributed by atoms with Crippen molar-refractivity contribution in [1.82, 2.24) is 0 Å². The first kappa shape index (κ1) is 16.3. The van der Waals surface area contributed by atoms with Crippen LogP contribution in [0.2, 0.25) is 0 Å². The van der Waals surface area contributed by atoms with Crippen LogP contribution >= 0.6 is 0 Å². The number of ether oxygens (including phenoxy) is 3. The van der Waals surface area contributed by atoms with Crippen LogP contribution in [0.3, 0.4) is 0 Å². The van der Waals surface area contributed by atoms with Crippen LogP contribution in [0.15, 0.2) is 12.1 Å². The molecule has 112 valence electrons. The smallest absolute Gasteiger partial charge is 0.322 e. The summed E-state index contributed by atoms with van der Waals surface area (Å²) in [4.78, 5) is 11.4. The fourth-order valence-corrected chi connectivity index (χ4v) is 2.12. The van der Waals surface area contributed by atoms with Crippen molar-refractivity contribution in [3.8, 4) is 11.5 Å². The van der Waals surface area contributed by atoms with Gasteiger partial charge < -0.3 is 19.9 Å². The van der Waals surface area contributed by atoms with Gasteiger partial charge in [0.25, 0.3) is 0 Å². The number of benzene rings is 1. The van der Waals surface area contributed by atoms with E-state index in [1.165, 1.54) is 7.11 Å². The number of methoxy groups -OCH3 is 3. The van der Waals surface area contributed by atoms with E-state index in [0.717, 1.165) is 29.7 Å². The molecule has 0 aliphatic carbocycles. The molecule has 0 saturated heterocycles. The summed E-state index contributed by atoms with van der Waals surface area (Å²) in [7, 11) is 4.56. The van der Waals surface area contributed by atoms with E-state index in [0.29, 0.717) is 12.2 Å². The molecule has 2 N–H and O–H groups in total. The summed E-state index contributed by atoms with van der Waals surface area (Å²) < 4.78 is 15.4. The summed E-state index contributed by atoms with van der Waals surface area (Å²) >= 11 is 0. The van der Waals surface area contributed by atoms with E-state index in [-0.39, 0.29) is 0 Å². The maximum Gasteiger partial charge on any atom is 0.322 e. The summed E-state index contributed by atoms with van der Waals surface area (Å²) in [6.07, 6.45) is 2.27. The van der Waals surface area contributed by atoms with Crippen LogP contribution in [0.1, 0.15) is 24.5 Å². The summed E-state index contributed by atoms with van der Waals surface area (Å²) in [6.45, 7) is 2.10. The molecule has 0 bridgehead atoms. The van der Waals surface area contributed by atoms with Crippen LogP contribution in [0.4, 0.5) is 0 Å². The number of carbonyl (C=O) groups is 1. The number of carbonyl (C=O) groups excluding carboxylic acids is 1. The minimum Gasteiger partial charge on any atom is -0.496 e. The highest BCUT2D eigenvalue weighted by molar-refractivity contribution is 5.76. The fourth-order valence-electron chi connectivity index (χ4n) is 2.12. The highest BCUT2D eigenvalue weighted by Crippen LogP contribution is 2.30. The van der Waals surface area contributed by atoms with Crippen molar-refractivity contribution in [2.24, 2.45) is 5.73 Å². The third kappa shape index (κ3) is 3.87. The maximum atomic E-state index is 11.4. The third-order valence-corrected chi connectivity index (χ3v) is 3.15. The van der Waals surface area contributed by atoms with Crippen molar-refractivity contribution in [2.45, 2.75) is 32.2 Å². The number of rotatable bonds is 7. The van der Waals surface area contributed by atoms with Gasteiger partial charge in [-0.15, -0.1) is 0 Å². The Morgan fingerprint density at radius 3 is 2.20 bits per heavy atom. The fraction of sp³-hybridized carbons (Fsp3) is 0.533. The molecule has 0 aliphatic heterocycles. The lowest BCUT2D eigenvalue weighted by molar-refractivity contribution is -0.142. The lowest BCUT2D eigenvalue weighted by Gasteiger charge is -2.16. The molecule has 0 saturated carbocycles. The normalized spacial score (nSPS) is 11.8. The van der Waals surface area contributed by atoms with E-state index >= 15 is 0 Å². The van der Waals surface area contributed by atoms with Crippen molar-refractivity contribution in [3.63, 3.8) is 0 Å². The van der Waals surface area contributed by atoms with Gasteiger partial charge >= 0.3 is 5.97 Å². The van der Waals surface area contributed by atoms with Crippen molar-refractivity contribution in [1.29, 1.82) is 0 Å². The van der Waals surface area contributed by atoms with Crippen molar-refractivity contribution in [3.05, 3.63) is 23.3 Å². The quantitative estimate of drug-likeness (QED) is 0.770. The van der Waals surface area contributed by atoms with E-state index < -0.39 is 12.0 Å². The van der Waals surface area contributed by atoms with Gasteiger partial charge in [0.1, 0.15) is 17.5 Å². The van der Waals surface area contributed by atoms with E-state index in [2.05, 4.69) is 11.7 Å². The van der Waals surface area contributed by atoms with Gasteiger partial charge in [0.05, 0.1) is 21.3 Å². The zero-order chi connectivity index (χ0) is 15.1. The molecule has 0 aliphatic rings. The topological polar surface area (TPSA) is 70.8 Å². The molecular weight excluding hydrogens is 258 g/mol. The second-order valence-electron chi connectivity index (χ2n) is 4.56. The summed E-state index contributed by atoms with van der Waals surface area (Å²) in [5, 5.41) is 0. The van der Waals surface area contributed by atoms with Gasteiger partial charge in [-0.05, 0) is 29.7 Å². The molecule has 1 aromatic rings. The number of hydrogen-bond acceptors (Lipinski definition) is 5. The van der Waals surface area contributed by atoms with E-state index in [4.69, 9.17) is 15.2 Å². The molecule has 0 amide bonds. The molecule has 0 aromatic heterocycles. The Bertz CT molecular complexity index is 459. The Balaban J connectivity index is 3.08. The minimum absolute atomic E-state index is 0.346. The average Bonchev–Trinajstić information content (AvgIpc) is 2.47.